The van der Waals surface area contributed by atoms with Gasteiger partial charge in [-0.25, -0.2) is 0 Å². The summed E-state index contributed by atoms with van der Waals surface area (Å²) in [4.78, 5) is 26.8. The number of aromatic nitrogens is 1. The van der Waals surface area contributed by atoms with Crippen LogP contribution in [-0.4, -0.2) is 23.2 Å². The number of hydrogen-bond acceptors (Lipinski definition) is 2. The minimum absolute atomic E-state index is 0.0378. The van der Waals surface area contributed by atoms with E-state index in [4.69, 9.17) is 11.6 Å². The Labute approximate surface area is 134 Å². The number of H-pyrrole nitrogens is 1. The van der Waals surface area contributed by atoms with Crippen molar-refractivity contribution in [1.82, 2.24) is 10.3 Å². The van der Waals surface area contributed by atoms with Crippen LogP contribution in [0.4, 0.5) is 0 Å². The average molecular weight is 319 g/mol. The lowest BCUT2D eigenvalue weighted by Crippen LogP contribution is -2.26. The van der Waals surface area contributed by atoms with Crippen LogP contribution in [0.25, 0.3) is 0 Å². The second-order valence-corrected chi connectivity index (χ2v) is 5.75. The highest BCUT2D eigenvalue weighted by Gasteiger charge is 2.19. The van der Waals surface area contributed by atoms with Crippen molar-refractivity contribution < 1.29 is 9.59 Å². The first-order chi connectivity index (χ1) is 10.4. The van der Waals surface area contributed by atoms with Crippen molar-refractivity contribution in [2.75, 3.05) is 6.54 Å². The third-order valence-corrected chi connectivity index (χ3v) is 3.84. The number of aryl methyl sites for hydroxylation is 1. The van der Waals surface area contributed by atoms with Gasteiger partial charge in [0.05, 0.1) is 0 Å². The van der Waals surface area contributed by atoms with Gasteiger partial charge >= 0.3 is 0 Å². The summed E-state index contributed by atoms with van der Waals surface area (Å²) in [6.07, 6.45) is 0.699. The molecule has 1 amide bonds. The predicted octanol–water partition coefficient (Wildman–Crippen LogP) is 3.46. The van der Waals surface area contributed by atoms with E-state index in [1.54, 1.807) is 13.8 Å². The lowest BCUT2D eigenvalue weighted by atomic mass is 10.1. The molecule has 0 atom stereocenters. The quantitative estimate of drug-likeness (QED) is 0.829. The maximum Gasteiger partial charge on any atom is 0.268 e. The molecule has 1 heterocycles. The van der Waals surface area contributed by atoms with Crippen molar-refractivity contribution >= 4 is 23.3 Å². The Morgan fingerprint density at radius 1 is 1.27 bits per heavy atom. The molecular formula is C17H19ClN2O2. The topological polar surface area (TPSA) is 62.0 Å². The van der Waals surface area contributed by atoms with E-state index in [1.165, 1.54) is 6.92 Å². The summed E-state index contributed by atoms with van der Waals surface area (Å²) in [6, 6.07) is 7.55. The monoisotopic (exact) mass is 318 g/mol. The fourth-order valence-corrected chi connectivity index (χ4v) is 2.82. The summed E-state index contributed by atoms with van der Waals surface area (Å²) in [5.41, 5.74) is 3.54. The molecule has 0 spiro atoms. The maximum atomic E-state index is 12.2. The molecule has 0 aliphatic carbocycles. The Bertz CT molecular complexity index is 719. The van der Waals surface area contributed by atoms with E-state index >= 15 is 0 Å². The molecule has 0 saturated heterocycles. The van der Waals surface area contributed by atoms with Crippen LogP contribution in [0, 0.1) is 13.8 Å². The molecule has 0 fully saturated rings. The summed E-state index contributed by atoms with van der Waals surface area (Å²) in [7, 11) is 0. The minimum Gasteiger partial charge on any atom is -0.354 e. The van der Waals surface area contributed by atoms with Crippen molar-refractivity contribution in [2.24, 2.45) is 0 Å². The fourth-order valence-electron chi connectivity index (χ4n) is 2.61. The molecule has 5 heteroatoms. The van der Waals surface area contributed by atoms with Gasteiger partial charge in [0, 0.05) is 22.8 Å². The standard InChI is InChI=1S/C17H19ClN2O2/c1-10-15(12(3)21)11(2)20-16(10)17(22)19-8-7-13-5-4-6-14(18)9-13/h4-6,9,20H,7-8H2,1-3H3,(H,19,22). The van der Waals surface area contributed by atoms with Crippen molar-refractivity contribution in [3.05, 3.63) is 57.4 Å². The zero-order valence-electron chi connectivity index (χ0n) is 12.9. The molecule has 0 bridgehead atoms. The molecule has 0 unspecified atom stereocenters. The van der Waals surface area contributed by atoms with E-state index in [2.05, 4.69) is 10.3 Å². The molecule has 2 N–H and O–H groups in total. The number of carbonyl (C=O) groups excluding carboxylic acids is 2. The second kappa shape index (κ2) is 6.79. The largest absolute Gasteiger partial charge is 0.354 e. The SMILES string of the molecule is CC(=O)c1c(C)[nH]c(C(=O)NCCc2cccc(Cl)c2)c1C. The normalized spacial score (nSPS) is 10.5. The lowest BCUT2D eigenvalue weighted by Gasteiger charge is -2.05. The molecular weight excluding hydrogens is 300 g/mol. The minimum atomic E-state index is -0.199. The first kappa shape index (κ1) is 16.3. The first-order valence-corrected chi connectivity index (χ1v) is 7.50. The van der Waals surface area contributed by atoms with Gasteiger partial charge in [-0.2, -0.15) is 0 Å². The van der Waals surface area contributed by atoms with Crippen molar-refractivity contribution in [2.45, 2.75) is 27.2 Å². The Morgan fingerprint density at radius 3 is 2.59 bits per heavy atom. The second-order valence-electron chi connectivity index (χ2n) is 5.32. The van der Waals surface area contributed by atoms with Crippen LogP contribution in [0.2, 0.25) is 5.02 Å². The van der Waals surface area contributed by atoms with Gasteiger partial charge in [0.15, 0.2) is 5.78 Å². The molecule has 0 saturated carbocycles. The third kappa shape index (κ3) is 3.57. The van der Waals surface area contributed by atoms with Crippen LogP contribution in [0.3, 0.4) is 0 Å². The number of halogens is 1. The zero-order valence-corrected chi connectivity index (χ0v) is 13.7. The smallest absolute Gasteiger partial charge is 0.268 e. The number of nitrogens with one attached hydrogen (secondary N) is 2. The highest BCUT2D eigenvalue weighted by Crippen LogP contribution is 2.18. The van der Waals surface area contributed by atoms with Crippen molar-refractivity contribution in [3.8, 4) is 0 Å². The molecule has 0 radical (unpaired) electrons. The number of amides is 1. The number of ketones is 1. The summed E-state index contributed by atoms with van der Waals surface area (Å²) in [6.45, 7) is 5.59. The van der Waals surface area contributed by atoms with Crippen molar-refractivity contribution in [3.63, 3.8) is 0 Å². The zero-order chi connectivity index (χ0) is 16.3. The van der Waals surface area contributed by atoms with E-state index in [1.807, 2.05) is 24.3 Å². The van der Waals surface area contributed by atoms with Gasteiger partial charge in [0.2, 0.25) is 0 Å². The molecule has 22 heavy (non-hydrogen) atoms. The van der Waals surface area contributed by atoms with Gasteiger partial charge in [-0.05, 0) is 50.5 Å². The third-order valence-electron chi connectivity index (χ3n) is 3.60. The highest BCUT2D eigenvalue weighted by atomic mass is 35.5. The molecule has 1 aromatic carbocycles. The first-order valence-electron chi connectivity index (χ1n) is 7.13. The fraction of sp³-hybridized carbons (Fsp3) is 0.294. The van der Waals surface area contributed by atoms with Crippen LogP contribution in [0.15, 0.2) is 24.3 Å². The Morgan fingerprint density at radius 2 is 2.00 bits per heavy atom. The highest BCUT2D eigenvalue weighted by molar-refractivity contribution is 6.30. The van der Waals surface area contributed by atoms with E-state index in [9.17, 15) is 9.59 Å². The van der Waals surface area contributed by atoms with E-state index in [0.29, 0.717) is 34.8 Å². The Kier molecular flexibility index (Phi) is 5.03. The van der Waals surface area contributed by atoms with Crippen LogP contribution in [0.5, 0.6) is 0 Å². The molecule has 0 aliphatic rings. The molecule has 2 aromatic rings. The number of hydrogen-bond donors (Lipinski definition) is 2. The lowest BCUT2D eigenvalue weighted by molar-refractivity contribution is 0.0949. The van der Waals surface area contributed by atoms with Gasteiger partial charge in [-0.1, -0.05) is 23.7 Å². The van der Waals surface area contributed by atoms with Gasteiger partial charge in [-0.15, -0.1) is 0 Å². The average Bonchev–Trinajstić information content (AvgIpc) is 2.74. The number of benzene rings is 1. The number of aromatic amines is 1. The predicted molar refractivity (Wildman–Crippen MR) is 87.8 cm³/mol. The molecule has 0 aliphatic heterocycles. The van der Waals surface area contributed by atoms with E-state index in [-0.39, 0.29) is 11.7 Å². The maximum absolute atomic E-state index is 12.2. The summed E-state index contributed by atoms with van der Waals surface area (Å²) in [5.74, 6) is -0.237. The van der Waals surface area contributed by atoms with Crippen LogP contribution in [0.1, 0.15) is 44.6 Å². The number of Topliss-reactive ketones (excluding diaryl/α,β-unsaturated/α-hetero) is 1. The molecule has 116 valence electrons. The van der Waals surface area contributed by atoms with Crippen LogP contribution >= 0.6 is 11.6 Å². The van der Waals surface area contributed by atoms with Gasteiger partial charge in [0.1, 0.15) is 5.69 Å². The van der Waals surface area contributed by atoms with Gasteiger partial charge in [-0.3, -0.25) is 9.59 Å². The molecule has 1 aromatic heterocycles. The molecule has 2 rings (SSSR count). The van der Waals surface area contributed by atoms with Crippen molar-refractivity contribution in [1.29, 1.82) is 0 Å². The van der Waals surface area contributed by atoms with Gasteiger partial charge < -0.3 is 10.3 Å². The van der Waals surface area contributed by atoms with Gasteiger partial charge in [0.25, 0.3) is 5.91 Å². The molecule has 4 nitrogen and oxygen atoms in total. The van der Waals surface area contributed by atoms with Crippen LogP contribution in [-0.2, 0) is 6.42 Å². The summed E-state index contributed by atoms with van der Waals surface area (Å²) in [5, 5.41) is 3.55. The number of carbonyl (C=O) groups is 2. The Balaban J connectivity index is 2.01. The van der Waals surface area contributed by atoms with E-state index in [0.717, 1.165) is 11.3 Å². The Hall–Kier alpha value is -2.07. The van der Waals surface area contributed by atoms with Crippen LogP contribution < -0.4 is 5.32 Å². The van der Waals surface area contributed by atoms with E-state index < -0.39 is 0 Å². The summed E-state index contributed by atoms with van der Waals surface area (Å²) < 4.78 is 0. The summed E-state index contributed by atoms with van der Waals surface area (Å²) >= 11 is 5.93. The number of rotatable bonds is 5.